The van der Waals surface area contributed by atoms with Crippen LogP contribution in [0.5, 0.6) is 0 Å². The molecule has 0 radical (unpaired) electrons. The highest BCUT2D eigenvalue weighted by Gasteiger charge is 2.23. The van der Waals surface area contributed by atoms with Crippen molar-refractivity contribution in [2.75, 3.05) is 32.7 Å². The van der Waals surface area contributed by atoms with Crippen LogP contribution < -0.4 is 0 Å². The Bertz CT molecular complexity index is 687. The molecule has 2 heterocycles. The van der Waals surface area contributed by atoms with Gasteiger partial charge in [0.1, 0.15) is 12.7 Å². The van der Waals surface area contributed by atoms with E-state index in [1.165, 1.54) is 0 Å². The average Bonchev–Trinajstić information content (AvgIpc) is 3.09. The van der Waals surface area contributed by atoms with E-state index in [-0.39, 0.29) is 5.91 Å². The van der Waals surface area contributed by atoms with Crippen LogP contribution in [0.25, 0.3) is 5.69 Å². The molecule has 1 aromatic carbocycles. The highest BCUT2D eigenvalue weighted by molar-refractivity contribution is 5.97. The van der Waals surface area contributed by atoms with E-state index in [9.17, 15) is 4.79 Å². The van der Waals surface area contributed by atoms with Crippen molar-refractivity contribution in [3.8, 4) is 5.69 Å². The number of nitrogens with zero attached hydrogens (tertiary/aromatic N) is 5. The summed E-state index contributed by atoms with van der Waals surface area (Å²) < 4.78 is 1.77. The van der Waals surface area contributed by atoms with E-state index in [4.69, 9.17) is 0 Å². The lowest BCUT2D eigenvalue weighted by atomic mass is 10.1. The number of carbonyl (C=O) groups is 1. The first-order valence-corrected chi connectivity index (χ1v) is 7.75. The summed E-state index contributed by atoms with van der Waals surface area (Å²) in [4.78, 5) is 17.1. The Hall–Kier alpha value is -2.47. The third kappa shape index (κ3) is 3.48. The number of hydrogen-bond donors (Lipinski definition) is 0. The maximum Gasteiger partial charge on any atom is 0.256 e. The first-order chi connectivity index (χ1) is 11.1. The summed E-state index contributed by atoms with van der Waals surface area (Å²) in [5, 5.41) is 7.64. The van der Waals surface area contributed by atoms with E-state index in [0.29, 0.717) is 5.56 Å². The molecule has 1 aromatic heterocycles. The van der Waals surface area contributed by atoms with E-state index >= 15 is 0 Å². The van der Waals surface area contributed by atoms with Crippen LogP contribution in [0.15, 0.2) is 49.1 Å². The monoisotopic (exact) mass is 311 g/mol. The molecule has 0 spiro atoms. The van der Waals surface area contributed by atoms with Crippen LogP contribution >= 0.6 is 0 Å². The molecule has 0 aliphatic carbocycles. The predicted octanol–water partition coefficient (Wildman–Crippen LogP) is 1.60. The Balaban J connectivity index is 1.74. The Morgan fingerprint density at radius 3 is 2.43 bits per heavy atom. The molecule has 6 heteroatoms. The fourth-order valence-corrected chi connectivity index (χ4v) is 2.87. The fraction of sp³-hybridized carbons (Fsp3) is 0.353. The lowest BCUT2D eigenvalue weighted by Gasteiger charge is -2.35. The van der Waals surface area contributed by atoms with Gasteiger partial charge in [-0.2, -0.15) is 0 Å². The number of aromatic nitrogens is 3. The summed E-state index contributed by atoms with van der Waals surface area (Å²) in [7, 11) is 0. The van der Waals surface area contributed by atoms with Crippen LogP contribution in [0, 0.1) is 0 Å². The molecule has 1 fully saturated rings. The fourth-order valence-electron chi connectivity index (χ4n) is 2.87. The maximum absolute atomic E-state index is 12.9. The number of carbonyl (C=O) groups excluding carboxylic acids is 1. The molecule has 2 aromatic rings. The molecule has 1 aliphatic heterocycles. The van der Waals surface area contributed by atoms with Crippen molar-refractivity contribution in [1.29, 1.82) is 0 Å². The molecule has 3 rings (SSSR count). The summed E-state index contributed by atoms with van der Waals surface area (Å²) in [5.74, 6) is 0.0595. The third-order valence-corrected chi connectivity index (χ3v) is 3.98. The molecule has 1 saturated heterocycles. The average molecular weight is 311 g/mol. The van der Waals surface area contributed by atoms with Gasteiger partial charge in [0.25, 0.3) is 5.91 Å². The number of para-hydroxylation sites is 1. The SMILES string of the molecule is C=C(C)CN1CCN(C(=O)c2ccccc2-n2cnnc2)CC1. The van der Waals surface area contributed by atoms with E-state index < -0.39 is 0 Å². The Morgan fingerprint density at radius 2 is 1.78 bits per heavy atom. The van der Waals surface area contributed by atoms with Crippen molar-refractivity contribution < 1.29 is 4.79 Å². The molecule has 23 heavy (non-hydrogen) atoms. The normalized spacial score (nSPS) is 15.6. The molecule has 1 amide bonds. The minimum absolute atomic E-state index is 0.0595. The summed E-state index contributed by atoms with van der Waals surface area (Å²) >= 11 is 0. The number of benzene rings is 1. The van der Waals surface area contributed by atoms with E-state index in [1.807, 2.05) is 36.1 Å². The van der Waals surface area contributed by atoms with Crippen molar-refractivity contribution in [3.05, 3.63) is 54.6 Å². The van der Waals surface area contributed by atoms with E-state index in [0.717, 1.165) is 44.0 Å². The van der Waals surface area contributed by atoms with Gasteiger partial charge in [0.05, 0.1) is 11.3 Å². The summed E-state index contributed by atoms with van der Waals surface area (Å²) in [6.07, 6.45) is 3.22. The van der Waals surface area contributed by atoms with Crippen LogP contribution in [-0.4, -0.2) is 63.2 Å². The van der Waals surface area contributed by atoms with Crippen molar-refractivity contribution >= 4 is 5.91 Å². The number of rotatable bonds is 4. The van der Waals surface area contributed by atoms with Crippen molar-refractivity contribution in [2.24, 2.45) is 0 Å². The second-order valence-corrected chi connectivity index (χ2v) is 5.91. The zero-order chi connectivity index (χ0) is 16.2. The molecule has 120 valence electrons. The Kier molecular flexibility index (Phi) is 4.52. The first kappa shape index (κ1) is 15.4. The predicted molar refractivity (Wildman–Crippen MR) is 88.5 cm³/mol. The lowest BCUT2D eigenvalue weighted by Crippen LogP contribution is -2.49. The minimum Gasteiger partial charge on any atom is -0.336 e. The van der Waals surface area contributed by atoms with Gasteiger partial charge in [0.2, 0.25) is 0 Å². The third-order valence-electron chi connectivity index (χ3n) is 3.98. The van der Waals surface area contributed by atoms with Gasteiger partial charge in [-0.25, -0.2) is 0 Å². The quantitative estimate of drug-likeness (QED) is 0.805. The number of piperazine rings is 1. The molecule has 6 nitrogen and oxygen atoms in total. The number of amides is 1. The molecule has 0 bridgehead atoms. The maximum atomic E-state index is 12.9. The molecular formula is C17H21N5O. The Morgan fingerprint density at radius 1 is 1.13 bits per heavy atom. The number of hydrogen-bond acceptors (Lipinski definition) is 4. The van der Waals surface area contributed by atoms with Gasteiger partial charge >= 0.3 is 0 Å². The van der Waals surface area contributed by atoms with Crippen LogP contribution in [0.3, 0.4) is 0 Å². The summed E-state index contributed by atoms with van der Waals surface area (Å²) in [6.45, 7) is 10.1. The highest BCUT2D eigenvalue weighted by Crippen LogP contribution is 2.17. The van der Waals surface area contributed by atoms with Crippen LogP contribution in [0.4, 0.5) is 0 Å². The molecule has 1 aliphatic rings. The molecule has 0 saturated carbocycles. The second kappa shape index (κ2) is 6.75. The summed E-state index contributed by atoms with van der Waals surface area (Å²) in [5.41, 5.74) is 2.65. The smallest absolute Gasteiger partial charge is 0.256 e. The second-order valence-electron chi connectivity index (χ2n) is 5.91. The van der Waals surface area contributed by atoms with Crippen molar-refractivity contribution in [2.45, 2.75) is 6.92 Å². The van der Waals surface area contributed by atoms with Crippen LogP contribution in [0.2, 0.25) is 0 Å². The Labute approximate surface area is 136 Å². The largest absolute Gasteiger partial charge is 0.336 e. The van der Waals surface area contributed by atoms with E-state index in [1.54, 1.807) is 17.2 Å². The molecular weight excluding hydrogens is 290 g/mol. The zero-order valence-corrected chi connectivity index (χ0v) is 13.4. The van der Waals surface area contributed by atoms with Gasteiger partial charge in [-0.15, -0.1) is 10.2 Å². The first-order valence-electron chi connectivity index (χ1n) is 7.75. The van der Waals surface area contributed by atoms with Gasteiger partial charge < -0.3 is 4.90 Å². The summed E-state index contributed by atoms with van der Waals surface area (Å²) in [6, 6.07) is 7.57. The van der Waals surface area contributed by atoms with E-state index in [2.05, 4.69) is 21.7 Å². The molecule has 0 N–H and O–H groups in total. The van der Waals surface area contributed by atoms with Gasteiger partial charge in [0, 0.05) is 32.7 Å². The molecule has 0 atom stereocenters. The van der Waals surface area contributed by atoms with Crippen LogP contribution in [0.1, 0.15) is 17.3 Å². The van der Waals surface area contributed by atoms with Crippen molar-refractivity contribution in [1.82, 2.24) is 24.6 Å². The van der Waals surface area contributed by atoms with Gasteiger partial charge in [-0.05, 0) is 19.1 Å². The van der Waals surface area contributed by atoms with Gasteiger partial charge in [-0.1, -0.05) is 24.3 Å². The molecule has 0 unspecified atom stereocenters. The lowest BCUT2D eigenvalue weighted by molar-refractivity contribution is 0.0648. The highest BCUT2D eigenvalue weighted by atomic mass is 16.2. The van der Waals surface area contributed by atoms with Crippen molar-refractivity contribution in [3.63, 3.8) is 0 Å². The van der Waals surface area contributed by atoms with Crippen LogP contribution in [-0.2, 0) is 0 Å². The topological polar surface area (TPSA) is 54.3 Å². The minimum atomic E-state index is 0.0595. The standard InChI is InChI=1S/C17H21N5O/c1-14(2)11-20-7-9-21(10-8-20)17(23)15-5-3-4-6-16(15)22-12-18-19-13-22/h3-6,12-13H,1,7-11H2,2H3. The zero-order valence-electron chi connectivity index (χ0n) is 13.4. The van der Waals surface area contributed by atoms with Gasteiger partial charge in [-0.3, -0.25) is 14.3 Å². The van der Waals surface area contributed by atoms with Gasteiger partial charge in [0.15, 0.2) is 0 Å².